The molecule has 0 spiro atoms. The van der Waals surface area contributed by atoms with Crippen molar-refractivity contribution < 1.29 is 0 Å². The molecule has 0 fully saturated rings. The number of nitrogens with two attached hydrogens (primary N) is 2. The van der Waals surface area contributed by atoms with Crippen molar-refractivity contribution >= 4 is 23.8 Å². The number of nitrogen functional groups attached to an aromatic ring is 2. The Morgan fingerprint density at radius 1 is 0.667 bits per heavy atom. The van der Waals surface area contributed by atoms with E-state index in [2.05, 4.69) is 10.2 Å². The van der Waals surface area contributed by atoms with E-state index in [1.54, 1.807) is 12.4 Å². The van der Waals surface area contributed by atoms with Crippen LogP contribution in [0, 0.1) is 0 Å². The molecule has 0 heterocycles. The van der Waals surface area contributed by atoms with Gasteiger partial charge in [-0.3, -0.25) is 0 Å². The van der Waals surface area contributed by atoms with Crippen LogP contribution in [0.25, 0.3) is 0 Å². The predicted octanol–water partition coefficient (Wildman–Crippen LogP) is 2.30. The van der Waals surface area contributed by atoms with Gasteiger partial charge in [-0.2, -0.15) is 10.2 Å². The third-order valence-electron chi connectivity index (χ3n) is 2.45. The van der Waals surface area contributed by atoms with Crippen molar-refractivity contribution in [2.45, 2.75) is 0 Å². The molecule has 0 aliphatic rings. The van der Waals surface area contributed by atoms with Gasteiger partial charge in [-0.1, -0.05) is 36.4 Å². The highest BCUT2D eigenvalue weighted by atomic mass is 15.2. The maximum atomic E-state index is 5.77. The topological polar surface area (TPSA) is 76.8 Å². The lowest BCUT2D eigenvalue weighted by Crippen LogP contribution is -1.92. The lowest BCUT2D eigenvalue weighted by molar-refractivity contribution is 1.26. The second kappa shape index (κ2) is 5.63. The summed E-state index contributed by atoms with van der Waals surface area (Å²) in [6.07, 6.45) is 3.23. The second-order valence-corrected chi connectivity index (χ2v) is 3.75. The summed E-state index contributed by atoms with van der Waals surface area (Å²) in [6, 6.07) is 14.9. The Morgan fingerprint density at radius 3 is 1.44 bits per heavy atom. The third kappa shape index (κ3) is 2.95. The molecule has 4 nitrogen and oxygen atoms in total. The molecule has 0 aliphatic heterocycles. The van der Waals surface area contributed by atoms with E-state index in [9.17, 15) is 0 Å². The molecular formula is C14H14N4. The maximum absolute atomic E-state index is 5.77. The minimum atomic E-state index is 0.677. The highest BCUT2D eigenvalue weighted by molar-refractivity contribution is 5.89. The van der Waals surface area contributed by atoms with Crippen LogP contribution in [0.1, 0.15) is 11.1 Å². The third-order valence-corrected chi connectivity index (χ3v) is 2.45. The summed E-state index contributed by atoms with van der Waals surface area (Å²) in [7, 11) is 0. The highest BCUT2D eigenvalue weighted by Crippen LogP contribution is 2.08. The summed E-state index contributed by atoms with van der Waals surface area (Å²) in [5.41, 5.74) is 14.6. The fourth-order valence-corrected chi connectivity index (χ4v) is 1.45. The molecule has 0 unspecified atom stereocenters. The zero-order valence-corrected chi connectivity index (χ0v) is 9.82. The van der Waals surface area contributed by atoms with Gasteiger partial charge in [0.2, 0.25) is 0 Å². The molecule has 2 aromatic rings. The van der Waals surface area contributed by atoms with Gasteiger partial charge in [0.05, 0.1) is 12.4 Å². The van der Waals surface area contributed by atoms with E-state index >= 15 is 0 Å². The first-order chi connectivity index (χ1) is 8.77. The Kier molecular flexibility index (Phi) is 3.71. The van der Waals surface area contributed by atoms with Gasteiger partial charge in [-0.05, 0) is 12.1 Å². The van der Waals surface area contributed by atoms with Crippen LogP contribution in [0.15, 0.2) is 58.7 Å². The smallest absolute Gasteiger partial charge is 0.0588 e. The van der Waals surface area contributed by atoms with E-state index in [0.717, 1.165) is 11.1 Å². The number of anilines is 2. The van der Waals surface area contributed by atoms with Crippen LogP contribution < -0.4 is 11.5 Å². The van der Waals surface area contributed by atoms with E-state index in [1.165, 1.54) is 0 Å². The van der Waals surface area contributed by atoms with Gasteiger partial charge in [0.1, 0.15) is 0 Å². The normalized spacial score (nSPS) is 11.3. The molecule has 0 aliphatic carbocycles. The molecule has 2 aromatic carbocycles. The van der Waals surface area contributed by atoms with Gasteiger partial charge < -0.3 is 11.5 Å². The Hall–Kier alpha value is -2.62. The highest BCUT2D eigenvalue weighted by Gasteiger charge is 1.93. The van der Waals surface area contributed by atoms with Gasteiger partial charge in [-0.25, -0.2) is 0 Å². The molecule has 0 bridgehead atoms. The summed E-state index contributed by atoms with van der Waals surface area (Å²) in [5.74, 6) is 0. The van der Waals surface area contributed by atoms with Crippen LogP contribution in [0.3, 0.4) is 0 Å². The van der Waals surface area contributed by atoms with Crippen LogP contribution >= 0.6 is 0 Å². The average molecular weight is 238 g/mol. The minimum absolute atomic E-state index is 0.677. The van der Waals surface area contributed by atoms with E-state index in [1.807, 2.05) is 48.5 Å². The monoisotopic (exact) mass is 238 g/mol. The molecule has 0 saturated carbocycles. The molecule has 0 aromatic heterocycles. The summed E-state index contributed by atoms with van der Waals surface area (Å²) >= 11 is 0. The van der Waals surface area contributed by atoms with Crippen LogP contribution in [0.2, 0.25) is 0 Å². The quantitative estimate of drug-likeness (QED) is 0.489. The fraction of sp³-hybridized carbons (Fsp3) is 0. The number of para-hydroxylation sites is 2. The van der Waals surface area contributed by atoms with Crippen molar-refractivity contribution in [2.24, 2.45) is 10.2 Å². The lowest BCUT2D eigenvalue weighted by Gasteiger charge is -1.97. The molecule has 90 valence electrons. The number of hydrogen-bond acceptors (Lipinski definition) is 4. The van der Waals surface area contributed by atoms with E-state index in [-0.39, 0.29) is 0 Å². The second-order valence-electron chi connectivity index (χ2n) is 3.75. The fourth-order valence-electron chi connectivity index (χ4n) is 1.45. The van der Waals surface area contributed by atoms with Gasteiger partial charge in [0, 0.05) is 22.5 Å². The van der Waals surface area contributed by atoms with Crippen molar-refractivity contribution in [2.75, 3.05) is 11.5 Å². The number of rotatable bonds is 3. The molecule has 0 radical (unpaired) electrons. The minimum Gasteiger partial charge on any atom is -0.398 e. The Bertz CT molecular complexity index is 534. The molecule has 0 atom stereocenters. The van der Waals surface area contributed by atoms with Crippen LogP contribution in [0.5, 0.6) is 0 Å². The number of nitrogens with zero attached hydrogens (tertiary/aromatic N) is 2. The number of benzene rings is 2. The Labute approximate surface area is 106 Å². The van der Waals surface area contributed by atoms with Gasteiger partial charge in [0.25, 0.3) is 0 Å². The van der Waals surface area contributed by atoms with Gasteiger partial charge in [0.15, 0.2) is 0 Å². The largest absolute Gasteiger partial charge is 0.398 e. The van der Waals surface area contributed by atoms with Crippen molar-refractivity contribution in [1.29, 1.82) is 0 Å². The molecule has 4 N–H and O–H groups in total. The summed E-state index contributed by atoms with van der Waals surface area (Å²) in [6.45, 7) is 0. The number of hydrogen-bond donors (Lipinski definition) is 2. The maximum Gasteiger partial charge on any atom is 0.0588 e. The zero-order valence-electron chi connectivity index (χ0n) is 9.82. The molecule has 0 amide bonds. The zero-order chi connectivity index (χ0) is 12.8. The van der Waals surface area contributed by atoms with Crippen molar-refractivity contribution in [3.8, 4) is 0 Å². The summed E-state index contributed by atoms with van der Waals surface area (Å²) < 4.78 is 0. The van der Waals surface area contributed by atoms with E-state index < -0.39 is 0 Å². The summed E-state index contributed by atoms with van der Waals surface area (Å²) in [5, 5.41) is 7.90. The SMILES string of the molecule is Nc1ccccc1/C=N\N=C\c1ccccc1N. The van der Waals surface area contributed by atoms with Crippen LogP contribution in [0.4, 0.5) is 11.4 Å². The Morgan fingerprint density at radius 2 is 1.06 bits per heavy atom. The average Bonchev–Trinajstić information content (AvgIpc) is 2.38. The van der Waals surface area contributed by atoms with Gasteiger partial charge in [-0.15, -0.1) is 0 Å². The molecule has 0 saturated heterocycles. The molecule has 18 heavy (non-hydrogen) atoms. The lowest BCUT2D eigenvalue weighted by atomic mass is 10.2. The van der Waals surface area contributed by atoms with E-state index in [4.69, 9.17) is 11.5 Å². The first-order valence-corrected chi connectivity index (χ1v) is 5.53. The summed E-state index contributed by atoms with van der Waals surface area (Å²) in [4.78, 5) is 0. The van der Waals surface area contributed by atoms with Crippen molar-refractivity contribution in [1.82, 2.24) is 0 Å². The Balaban J connectivity index is 2.08. The van der Waals surface area contributed by atoms with Gasteiger partial charge >= 0.3 is 0 Å². The van der Waals surface area contributed by atoms with Crippen molar-refractivity contribution in [3.05, 3.63) is 59.7 Å². The van der Waals surface area contributed by atoms with Crippen molar-refractivity contribution in [3.63, 3.8) is 0 Å². The molecular weight excluding hydrogens is 224 g/mol. The predicted molar refractivity (Wildman–Crippen MR) is 76.9 cm³/mol. The standard InChI is InChI=1S/C14H14N4/c15-13-7-3-1-5-11(13)9-17-18-10-12-6-2-4-8-14(12)16/h1-10H,15-16H2/b17-9-,18-10+. The molecule has 2 rings (SSSR count). The molecule has 4 heteroatoms. The first kappa shape index (κ1) is 11.9. The van der Waals surface area contributed by atoms with E-state index in [0.29, 0.717) is 11.4 Å². The first-order valence-electron chi connectivity index (χ1n) is 5.53. The van der Waals surface area contributed by atoms with Crippen LogP contribution in [-0.2, 0) is 0 Å². The van der Waals surface area contributed by atoms with Crippen LogP contribution in [-0.4, -0.2) is 12.4 Å².